The van der Waals surface area contributed by atoms with Crippen LogP contribution >= 0.6 is 0 Å². The average Bonchev–Trinajstić information content (AvgIpc) is 3.51. The molecule has 0 aliphatic carbocycles. The second-order valence-electron chi connectivity index (χ2n) is 8.95. The van der Waals surface area contributed by atoms with Gasteiger partial charge in [-0.25, -0.2) is 4.79 Å². The molecule has 4 fully saturated rings. The number of carboxylic acids is 1. The number of fused-ring (bicyclic) bond motifs is 8. The van der Waals surface area contributed by atoms with Crippen molar-refractivity contribution in [1.82, 2.24) is 0 Å². The average molecular weight is 579 g/mol. The molecule has 0 spiro atoms. The molecule has 0 radical (unpaired) electrons. The monoisotopic (exact) mass is 578 g/mol. The second-order valence-corrected chi connectivity index (χ2v) is 8.95. The summed E-state index contributed by atoms with van der Waals surface area (Å²) in [5, 5.41) is 7.12. The first kappa shape index (κ1) is 34.1. The van der Waals surface area contributed by atoms with Crippen molar-refractivity contribution in [3.8, 4) is 0 Å². The van der Waals surface area contributed by atoms with Crippen LogP contribution < -0.4 is 0 Å². The molecule has 0 aromatic heterocycles. The summed E-state index contributed by atoms with van der Waals surface area (Å²) in [6, 6.07) is 0. The molecule has 0 saturated carbocycles. The molecule has 230 valence electrons. The van der Waals surface area contributed by atoms with Crippen LogP contribution in [0, 0.1) is 0 Å². The van der Waals surface area contributed by atoms with Gasteiger partial charge in [0.05, 0.1) is 0 Å². The van der Waals surface area contributed by atoms with E-state index in [4.69, 9.17) is 57.3 Å². The van der Waals surface area contributed by atoms with E-state index in [0.717, 1.165) is 0 Å². The maximum absolute atomic E-state index is 10.6. The van der Waals surface area contributed by atoms with E-state index in [1.54, 1.807) is 20.8 Å². The van der Waals surface area contributed by atoms with Gasteiger partial charge in [-0.1, -0.05) is 0 Å². The van der Waals surface area contributed by atoms with E-state index in [1.807, 2.05) is 34.6 Å². The topological polar surface area (TPSA) is 130 Å². The van der Waals surface area contributed by atoms with E-state index in [2.05, 4.69) is 0 Å². The van der Waals surface area contributed by atoms with Crippen molar-refractivity contribution >= 4 is 5.97 Å². The highest BCUT2D eigenvalue weighted by molar-refractivity contribution is 5.73. The van der Waals surface area contributed by atoms with E-state index in [1.165, 1.54) is 0 Å². The maximum atomic E-state index is 10.6. The van der Waals surface area contributed by atoms with Gasteiger partial charge in [0.2, 0.25) is 0 Å². The summed E-state index contributed by atoms with van der Waals surface area (Å²) in [5.74, 6) is -5.62. The number of rotatable bonds is 10. The van der Waals surface area contributed by atoms with Gasteiger partial charge in [0.25, 0.3) is 17.9 Å². The third-order valence-electron chi connectivity index (χ3n) is 5.93. The van der Waals surface area contributed by atoms with Gasteiger partial charge in [0.1, 0.15) is 36.6 Å². The summed E-state index contributed by atoms with van der Waals surface area (Å²) in [7, 11) is 0. The van der Waals surface area contributed by atoms with Crippen molar-refractivity contribution in [3.63, 3.8) is 0 Å². The molecule has 2 bridgehead atoms. The molecule has 15 heteroatoms. The quantitative estimate of drug-likeness (QED) is 0.382. The van der Waals surface area contributed by atoms with Gasteiger partial charge < -0.3 is 52.5 Å². The Labute approximate surface area is 226 Å². The standard InChI is InChI=1S/C14H22O7.C8H18O3.C2HF3O2/c1-5-15-13(3)18-9-7-11-12(8(17-7)10(9)19-13)21-14(4,20-11)16-6-2;1-5-9-8(4,10-6-2)11-7-3;3-2(4,5)1(6)7/h7-12H,5-6H2,1-4H3;5-7H2,1-4H3;(H,6,7)/t7?,8?,9-,10?,11?,12?,13?,14?;;/m1../s1. The molecule has 4 saturated heterocycles. The number of carboxylic acid groups (broad SMARTS) is 1. The zero-order valence-corrected chi connectivity index (χ0v) is 23.6. The van der Waals surface area contributed by atoms with Crippen LogP contribution in [0.5, 0.6) is 0 Å². The van der Waals surface area contributed by atoms with E-state index < -0.39 is 30.1 Å². The molecule has 8 atom stereocenters. The minimum Gasteiger partial charge on any atom is -0.475 e. The van der Waals surface area contributed by atoms with Gasteiger partial charge in [-0.2, -0.15) is 13.2 Å². The Bertz CT molecular complexity index is 703. The Morgan fingerprint density at radius 2 is 0.974 bits per heavy atom. The highest BCUT2D eigenvalue weighted by Crippen LogP contribution is 2.52. The lowest BCUT2D eigenvalue weighted by atomic mass is 9.90. The summed E-state index contributed by atoms with van der Waals surface area (Å²) >= 11 is 0. The summed E-state index contributed by atoms with van der Waals surface area (Å²) in [4.78, 5) is 8.90. The maximum Gasteiger partial charge on any atom is 0.490 e. The van der Waals surface area contributed by atoms with Gasteiger partial charge in [0, 0.05) is 53.8 Å². The van der Waals surface area contributed by atoms with Crippen LogP contribution in [0.2, 0.25) is 0 Å². The molecular formula is C24H41F3O12. The number of carbonyl (C=O) groups is 1. The van der Waals surface area contributed by atoms with E-state index in [9.17, 15) is 13.2 Å². The molecule has 1 N–H and O–H groups in total. The number of hydrogen-bond acceptors (Lipinski definition) is 11. The van der Waals surface area contributed by atoms with E-state index >= 15 is 0 Å². The first-order chi connectivity index (χ1) is 18.1. The smallest absolute Gasteiger partial charge is 0.475 e. The fourth-order valence-electron chi connectivity index (χ4n) is 4.77. The molecule has 0 aromatic carbocycles. The Kier molecular flexibility index (Phi) is 11.9. The zero-order chi connectivity index (χ0) is 29.6. The SMILES string of the molecule is CCOC(C)(OCC)OCC.CCOC1(C)OC2C(O1)C1OC2C2OC(C)(OCC)O[C@H]12.O=C(O)C(F)(F)F. The van der Waals surface area contributed by atoms with Gasteiger partial charge in [0.15, 0.2) is 0 Å². The summed E-state index contributed by atoms with van der Waals surface area (Å²) in [5.41, 5.74) is 0. The van der Waals surface area contributed by atoms with Gasteiger partial charge in [-0.15, -0.1) is 0 Å². The molecule has 0 amide bonds. The molecule has 7 unspecified atom stereocenters. The Morgan fingerprint density at radius 3 is 1.18 bits per heavy atom. The lowest BCUT2D eigenvalue weighted by molar-refractivity contribution is -0.365. The van der Waals surface area contributed by atoms with Crippen molar-refractivity contribution in [1.29, 1.82) is 0 Å². The van der Waals surface area contributed by atoms with Gasteiger partial charge >= 0.3 is 12.1 Å². The Balaban J connectivity index is 0.000000250. The summed E-state index contributed by atoms with van der Waals surface area (Å²) in [6.45, 7) is 17.7. The molecule has 12 nitrogen and oxygen atoms in total. The largest absolute Gasteiger partial charge is 0.490 e. The van der Waals surface area contributed by atoms with Crippen molar-refractivity contribution in [3.05, 3.63) is 0 Å². The van der Waals surface area contributed by atoms with Gasteiger partial charge in [-0.05, 0) is 34.6 Å². The third-order valence-corrected chi connectivity index (χ3v) is 5.93. The Hall–Kier alpha value is -1.14. The summed E-state index contributed by atoms with van der Waals surface area (Å²) < 4.78 is 88.3. The van der Waals surface area contributed by atoms with Crippen molar-refractivity contribution < 1.29 is 70.4 Å². The Morgan fingerprint density at radius 1 is 0.692 bits per heavy atom. The molecular weight excluding hydrogens is 537 g/mol. The number of aliphatic carboxylic acids is 1. The minimum atomic E-state index is -5.08. The predicted molar refractivity (Wildman–Crippen MR) is 125 cm³/mol. The van der Waals surface area contributed by atoms with Crippen LogP contribution in [0.15, 0.2) is 0 Å². The minimum absolute atomic E-state index is 0.194. The molecule has 39 heavy (non-hydrogen) atoms. The zero-order valence-electron chi connectivity index (χ0n) is 23.6. The molecule has 4 heterocycles. The molecule has 4 aliphatic rings. The molecule has 4 aliphatic heterocycles. The first-order valence-electron chi connectivity index (χ1n) is 13.0. The summed E-state index contributed by atoms with van der Waals surface area (Å²) in [6.07, 6.45) is -6.29. The first-order valence-corrected chi connectivity index (χ1v) is 13.0. The van der Waals surface area contributed by atoms with Crippen LogP contribution in [0.3, 0.4) is 0 Å². The van der Waals surface area contributed by atoms with Gasteiger partial charge in [-0.3, -0.25) is 0 Å². The van der Waals surface area contributed by atoms with Crippen molar-refractivity contribution in [2.75, 3.05) is 33.0 Å². The van der Waals surface area contributed by atoms with E-state index in [-0.39, 0.29) is 36.6 Å². The van der Waals surface area contributed by atoms with Crippen LogP contribution in [-0.4, -0.2) is 105 Å². The number of alkyl halides is 3. The normalized spacial score (nSPS) is 36.5. The van der Waals surface area contributed by atoms with Crippen LogP contribution in [0.1, 0.15) is 55.4 Å². The predicted octanol–water partition coefficient (Wildman–Crippen LogP) is 3.16. The fraction of sp³-hybridized carbons (Fsp3) is 0.958. The highest BCUT2D eigenvalue weighted by Gasteiger charge is 2.72. The van der Waals surface area contributed by atoms with Crippen molar-refractivity contribution in [2.45, 2.75) is 116 Å². The number of hydrogen-bond donors (Lipinski definition) is 1. The molecule has 4 rings (SSSR count). The number of halogens is 3. The van der Waals surface area contributed by atoms with Crippen LogP contribution in [0.4, 0.5) is 13.2 Å². The molecule has 0 aromatic rings. The van der Waals surface area contributed by atoms with Crippen molar-refractivity contribution in [2.24, 2.45) is 0 Å². The van der Waals surface area contributed by atoms with E-state index in [0.29, 0.717) is 33.0 Å². The van der Waals surface area contributed by atoms with Crippen LogP contribution in [0.25, 0.3) is 0 Å². The lowest BCUT2D eigenvalue weighted by Crippen LogP contribution is -2.49. The second kappa shape index (κ2) is 13.7. The van der Waals surface area contributed by atoms with Crippen LogP contribution in [-0.2, 0) is 52.2 Å². The third kappa shape index (κ3) is 8.44. The fourth-order valence-corrected chi connectivity index (χ4v) is 4.77. The lowest BCUT2D eigenvalue weighted by Gasteiger charge is -2.27. The highest BCUT2D eigenvalue weighted by atomic mass is 19.4. The number of ether oxygens (including phenoxy) is 10.